The summed E-state index contributed by atoms with van der Waals surface area (Å²) in [5.74, 6) is -0.157. The predicted molar refractivity (Wildman–Crippen MR) is 166 cm³/mol. The molecule has 1 aromatic carbocycles. The highest BCUT2D eigenvalue weighted by molar-refractivity contribution is 6.34. The first-order chi connectivity index (χ1) is 19.8. The van der Waals surface area contributed by atoms with Crippen molar-refractivity contribution in [2.24, 2.45) is 0 Å². The largest absolute Gasteiger partial charge is 0.379 e. The highest BCUT2D eigenvalue weighted by atomic mass is 35.5. The summed E-state index contributed by atoms with van der Waals surface area (Å²) in [6.07, 6.45) is 12.8. The summed E-state index contributed by atoms with van der Waals surface area (Å²) < 4.78 is 5.47. The molecule has 0 unspecified atom stereocenters. The van der Waals surface area contributed by atoms with E-state index in [0.717, 1.165) is 25.2 Å². The number of halogens is 3. The van der Waals surface area contributed by atoms with E-state index in [-0.39, 0.29) is 23.9 Å². The molecule has 4 rings (SSSR count). The van der Waals surface area contributed by atoms with E-state index in [2.05, 4.69) is 22.1 Å². The Balaban J connectivity index is 1.43. The van der Waals surface area contributed by atoms with Gasteiger partial charge < -0.3 is 20.3 Å². The fourth-order valence-corrected chi connectivity index (χ4v) is 5.77. The number of benzene rings is 1. The van der Waals surface area contributed by atoms with Gasteiger partial charge in [0.05, 0.1) is 19.3 Å². The van der Waals surface area contributed by atoms with Gasteiger partial charge in [0.1, 0.15) is 0 Å². The fraction of sp³-hybridized carbons (Fsp3) is 0.419. The Morgan fingerprint density at radius 1 is 1.07 bits per heavy atom. The summed E-state index contributed by atoms with van der Waals surface area (Å²) in [6.45, 7) is 9.26. The van der Waals surface area contributed by atoms with Crippen molar-refractivity contribution in [1.29, 1.82) is 0 Å². The number of hydrogen-bond donors (Lipinski definition) is 2. The molecule has 2 amide bonds. The van der Waals surface area contributed by atoms with Gasteiger partial charge >= 0.3 is 0 Å². The van der Waals surface area contributed by atoms with E-state index >= 15 is 0 Å². The van der Waals surface area contributed by atoms with Crippen LogP contribution in [0.4, 0.5) is 0 Å². The molecular formula is C31H37Cl3N4O3. The van der Waals surface area contributed by atoms with Gasteiger partial charge in [-0.3, -0.25) is 14.5 Å². The average Bonchev–Trinajstić information content (AvgIpc) is 3.09. The van der Waals surface area contributed by atoms with Crippen LogP contribution in [0, 0.1) is 0 Å². The molecule has 10 heteroatoms. The molecule has 2 fully saturated rings. The van der Waals surface area contributed by atoms with Crippen LogP contribution in [0.5, 0.6) is 0 Å². The molecule has 0 spiro atoms. The van der Waals surface area contributed by atoms with Crippen LogP contribution < -0.4 is 10.6 Å². The first kappa shape index (κ1) is 31.5. The van der Waals surface area contributed by atoms with Gasteiger partial charge in [0.25, 0.3) is 5.91 Å². The van der Waals surface area contributed by atoms with Gasteiger partial charge in [0.15, 0.2) is 0 Å². The first-order valence-corrected chi connectivity index (χ1v) is 15.1. The topological polar surface area (TPSA) is 73.9 Å². The van der Waals surface area contributed by atoms with Gasteiger partial charge in [0, 0.05) is 66.0 Å². The molecule has 1 aliphatic carbocycles. The van der Waals surface area contributed by atoms with E-state index in [9.17, 15) is 9.59 Å². The van der Waals surface area contributed by atoms with E-state index in [4.69, 9.17) is 39.5 Å². The Kier molecular flexibility index (Phi) is 12.1. The standard InChI is InChI=1S/C31H37Cl3N4O3/c1-22-6-7-25(32)5-3-2-4-24(16-22)30(39)35-20-28-8-11-38(21-23-17-26(33)19-27(34)18-23)31(40)29(36-28)9-10-37-12-14-41-15-13-37/h2,4-7,16-19,28-29,36H,1,3,8-15,20-21H2,(H,35,39)/b4-2-,7-6-,24-16?,25-5+/t28-,29-/m0/s1. The average molecular weight is 620 g/mol. The van der Waals surface area contributed by atoms with Crippen LogP contribution in [0.3, 0.4) is 0 Å². The Labute approximate surface area is 257 Å². The Hall–Kier alpha value is -2.39. The number of allylic oxidation sites excluding steroid dienone is 7. The number of morpholine rings is 1. The fourth-order valence-electron chi connectivity index (χ4n) is 5.05. The lowest BCUT2D eigenvalue weighted by Crippen LogP contribution is -2.50. The van der Waals surface area contributed by atoms with Crippen molar-refractivity contribution in [3.05, 3.63) is 93.0 Å². The van der Waals surface area contributed by atoms with E-state index in [1.807, 2.05) is 29.2 Å². The van der Waals surface area contributed by atoms with Crippen LogP contribution in [0.25, 0.3) is 0 Å². The number of nitrogens with one attached hydrogen (secondary N) is 2. The molecule has 0 aromatic heterocycles. The lowest BCUT2D eigenvalue weighted by atomic mass is 10.1. The van der Waals surface area contributed by atoms with E-state index in [0.29, 0.717) is 78.3 Å². The third kappa shape index (κ3) is 10.1. The zero-order valence-electron chi connectivity index (χ0n) is 23.1. The van der Waals surface area contributed by atoms with Crippen LogP contribution in [0.1, 0.15) is 24.8 Å². The Morgan fingerprint density at radius 2 is 1.83 bits per heavy atom. The number of nitrogens with zero attached hydrogens (tertiary/aromatic N) is 2. The molecule has 1 aromatic rings. The van der Waals surface area contributed by atoms with Crippen molar-refractivity contribution < 1.29 is 14.3 Å². The maximum atomic E-state index is 13.7. The molecule has 41 heavy (non-hydrogen) atoms. The molecule has 2 aliphatic heterocycles. The van der Waals surface area contributed by atoms with E-state index in [1.165, 1.54) is 0 Å². The summed E-state index contributed by atoms with van der Waals surface area (Å²) in [4.78, 5) is 31.1. The number of ether oxygens (including phenoxy) is 1. The highest BCUT2D eigenvalue weighted by Crippen LogP contribution is 2.22. The molecule has 0 radical (unpaired) electrons. The molecule has 0 saturated carbocycles. The molecule has 3 aliphatic rings. The van der Waals surface area contributed by atoms with Gasteiger partial charge in [-0.15, -0.1) is 0 Å². The first-order valence-electron chi connectivity index (χ1n) is 14.0. The monoisotopic (exact) mass is 618 g/mol. The van der Waals surface area contributed by atoms with E-state index in [1.54, 1.807) is 30.4 Å². The minimum atomic E-state index is -0.383. The number of carbonyl (C=O) groups is 2. The molecule has 2 atom stereocenters. The molecule has 2 saturated heterocycles. The zero-order valence-corrected chi connectivity index (χ0v) is 25.4. The van der Waals surface area contributed by atoms with Crippen LogP contribution >= 0.6 is 34.8 Å². The molecule has 2 heterocycles. The van der Waals surface area contributed by atoms with Crippen molar-refractivity contribution in [2.45, 2.75) is 37.9 Å². The third-order valence-corrected chi connectivity index (χ3v) is 7.96. The smallest absolute Gasteiger partial charge is 0.251 e. The zero-order chi connectivity index (χ0) is 29.2. The maximum Gasteiger partial charge on any atom is 0.251 e. The lowest BCUT2D eigenvalue weighted by molar-refractivity contribution is -0.133. The lowest BCUT2D eigenvalue weighted by Gasteiger charge is -2.30. The Bertz CT molecular complexity index is 1220. The van der Waals surface area contributed by atoms with Crippen molar-refractivity contribution in [3.8, 4) is 0 Å². The highest BCUT2D eigenvalue weighted by Gasteiger charge is 2.31. The van der Waals surface area contributed by atoms with Crippen LogP contribution in [-0.4, -0.2) is 79.6 Å². The number of carbonyl (C=O) groups excluding carboxylic acids is 2. The normalized spacial score (nSPS) is 25.5. The molecule has 7 nitrogen and oxygen atoms in total. The third-order valence-electron chi connectivity index (χ3n) is 7.24. The molecule has 0 bridgehead atoms. The van der Waals surface area contributed by atoms with Gasteiger partial charge in [-0.05, 0) is 60.8 Å². The summed E-state index contributed by atoms with van der Waals surface area (Å²) in [5.41, 5.74) is 2.07. The number of hydrogen-bond acceptors (Lipinski definition) is 5. The predicted octanol–water partition coefficient (Wildman–Crippen LogP) is 5.01. The van der Waals surface area contributed by atoms with Gasteiger partial charge in [-0.2, -0.15) is 0 Å². The van der Waals surface area contributed by atoms with Crippen LogP contribution in [0.15, 0.2) is 77.4 Å². The molecule has 220 valence electrons. The minimum Gasteiger partial charge on any atom is -0.379 e. The number of amides is 2. The van der Waals surface area contributed by atoms with E-state index < -0.39 is 0 Å². The second kappa shape index (κ2) is 15.7. The Morgan fingerprint density at radius 3 is 2.59 bits per heavy atom. The van der Waals surface area contributed by atoms with Crippen molar-refractivity contribution in [3.63, 3.8) is 0 Å². The summed E-state index contributed by atoms with van der Waals surface area (Å²) in [5, 5.41) is 8.32. The summed E-state index contributed by atoms with van der Waals surface area (Å²) >= 11 is 18.6. The molecular weight excluding hydrogens is 583 g/mol. The maximum absolute atomic E-state index is 13.7. The second-order valence-electron chi connectivity index (χ2n) is 10.4. The summed E-state index contributed by atoms with van der Waals surface area (Å²) in [7, 11) is 0. The molecule has 2 N–H and O–H groups in total. The minimum absolute atomic E-state index is 0.0379. The quantitative estimate of drug-likeness (QED) is 0.428. The van der Waals surface area contributed by atoms with Gasteiger partial charge in [-0.1, -0.05) is 65.7 Å². The second-order valence-corrected chi connectivity index (χ2v) is 11.7. The van der Waals surface area contributed by atoms with Crippen molar-refractivity contribution in [2.75, 3.05) is 45.9 Å². The summed E-state index contributed by atoms with van der Waals surface area (Å²) in [6, 6.07) is 4.90. The van der Waals surface area contributed by atoms with Crippen molar-refractivity contribution in [1.82, 2.24) is 20.4 Å². The number of rotatable bonds is 8. The van der Waals surface area contributed by atoms with Crippen LogP contribution in [0.2, 0.25) is 10.0 Å². The van der Waals surface area contributed by atoms with Crippen LogP contribution in [-0.2, 0) is 20.9 Å². The van der Waals surface area contributed by atoms with Gasteiger partial charge in [0.2, 0.25) is 5.91 Å². The van der Waals surface area contributed by atoms with Crippen molar-refractivity contribution >= 4 is 46.6 Å². The SMILES string of the molecule is C=C1C=C(C(=O)NC[C@@H]2CCN(Cc3cc(Cl)cc(Cl)c3)C(=O)[C@H](CCN3CCOCC3)N2)/C=C\C/C=C(Cl)\C=C/1. The van der Waals surface area contributed by atoms with Gasteiger partial charge in [-0.25, -0.2) is 0 Å².